The van der Waals surface area contributed by atoms with Gasteiger partial charge in [-0.05, 0) is 42.6 Å². The Morgan fingerprint density at radius 3 is 2.68 bits per heavy atom. The molecule has 0 radical (unpaired) electrons. The molecule has 0 aliphatic carbocycles. The highest BCUT2D eigenvalue weighted by molar-refractivity contribution is 7.09. The van der Waals surface area contributed by atoms with Crippen LogP contribution in [0.1, 0.15) is 11.8 Å². The molecule has 0 aliphatic rings. The first kappa shape index (κ1) is 16.3. The van der Waals surface area contributed by atoms with Crippen molar-refractivity contribution in [3.63, 3.8) is 0 Å². The van der Waals surface area contributed by atoms with Gasteiger partial charge in [-0.15, -0.1) is 11.3 Å². The first-order chi connectivity index (χ1) is 10.7. The van der Waals surface area contributed by atoms with E-state index in [2.05, 4.69) is 21.7 Å². The monoisotopic (exact) mass is 321 g/mol. The van der Waals surface area contributed by atoms with Gasteiger partial charge in [0.2, 0.25) is 0 Å². The Morgan fingerprint density at radius 2 is 2.05 bits per heavy atom. The van der Waals surface area contributed by atoms with Crippen LogP contribution in [0.4, 0.5) is 4.39 Å². The molecule has 0 saturated carbocycles. The minimum Gasteiger partial charge on any atom is -0.489 e. The van der Waals surface area contributed by atoms with Crippen LogP contribution in [-0.4, -0.2) is 25.7 Å². The number of guanidine groups is 1. The molecule has 22 heavy (non-hydrogen) atoms. The Morgan fingerprint density at radius 1 is 1.27 bits per heavy atom. The number of nitrogens with one attached hydrogen (secondary N) is 2. The average Bonchev–Trinajstić information content (AvgIpc) is 3.03. The summed E-state index contributed by atoms with van der Waals surface area (Å²) in [7, 11) is 1.73. The number of aliphatic imine (C=N–C) groups is 1. The Balaban J connectivity index is 1.73. The third-order valence-corrected chi connectivity index (χ3v) is 3.82. The number of benzene rings is 1. The molecule has 2 N–H and O–H groups in total. The maximum atomic E-state index is 12.8. The molecule has 2 rings (SSSR count). The summed E-state index contributed by atoms with van der Waals surface area (Å²) in [5, 5.41) is 8.50. The second-order valence-corrected chi connectivity index (χ2v) is 5.80. The molecule has 6 heteroatoms. The molecule has 1 heterocycles. The molecule has 0 aliphatic heterocycles. The van der Waals surface area contributed by atoms with Gasteiger partial charge < -0.3 is 15.4 Å². The maximum Gasteiger partial charge on any atom is 0.191 e. The van der Waals surface area contributed by atoms with Crippen LogP contribution in [0.25, 0.3) is 0 Å². The molecule has 0 fully saturated rings. The number of halogens is 1. The molecule has 0 saturated heterocycles. The van der Waals surface area contributed by atoms with Crippen molar-refractivity contribution in [2.75, 3.05) is 13.6 Å². The van der Waals surface area contributed by atoms with Crippen LogP contribution in [0.15, 0.2) is 46.8 Å². The molecule has 0 amide bonds. The predicted octanol–water partition coefficient (Wildman–Crippen LogP) is 3.02. The van der Waals surface area contributed by atoms with Crippen molar-refractivity contribution in [1.82, 2.24) is 10.6 Å². The van der Waals surface area contributed by atoms with Gasteiger partial charge in [-0.25, -0.2) is 4.39 Å². The van der Waals surface area contributed by atoms with Gasteiger partial charge in [0.15, 0.2) is 5.96 Å². The fourth-order valence-electron chi connectivity index (χ4n) is 1.83. The van der Waals surface area contributed by atoms with Crippen LogP contribution in [-0.2, 0) is 6.54 Å². The summed E-state index contributed by atoms with van der Waals surface area (Å²) in [5.41, 5.74) is 0. The van der Waals surface area contributed by atoms with Crippen molar-refractivity contribution >= 4 is 17.3 Å². The molecular weight excluding hydrogens is 301 g/mol. The zero-order valence-electron chi connectivity index (χ0n) is 12.7. The highest BCUT2D eigenvalue weighted by Crippen LogP contribution is 2.12. The van der Waals surface area contributed by atoms with Gasteiger partial charge in [0.05, 0.1) is 13.1 Å². The number of rotatable bonds is 6. The highest BCUT2D eigenvalue weighted by atomic mass is 32.1. The maximum absolute atomic E-state index is 12.8. The first-order valence-electron chi connectivity index (χ1n) is 7.06. The van der Waals surface area contributed by atoms with Gasteiger partial charge in [-0.3, -0.25) is 4.99 Å². The lowest BCUT2D eigenvalue weighted by molar-refractivity contribution is 0.223. The Labute approximate surface area is 134 Å². The first-order valence-corrected chi connectivity index (χ1v) is 7.94. The number of hydrogen-bond acceptors (Lipinski definition) is 3. The molecule has 1 aromatic heterocycles. The molecule has 118 valence electrons. The standard InChI is InChI=1S/C16H20FN3OS/c1-12(21-14-7-5-13(17)6-8-14)10-19-16(18-2)20-11-15-4-3-9-22-15/h3-9,12H,10-11H2,1-2H3,(H2,18,19,20). The van der Waals surface area contributed by atoms with E-state index >= 15 is 0 Å². The van der Waals surface area contributed by atoms with Crippen molar-refractivity contribution in [3.8, 4) is 5.75 Å². The molecule has 1 atom stereocenters. The van der Waals surface area contributed by atoms with Crippen LogP contribution < -0.4 is 15.4 Å². The minimum atomic E-state index is -0.267. The van der Waals surface area contributed by atoms with E-state index in [9.17, 15) is 4.39 Å². The lowest BCUT2D eigenvalue weighted by atomic mass is 10.3. The number of hydrogen-bond donors (Lipinski definition) is 2. The second kappa shape index (κ2) is 8.38. The van der Waals surface area contributed by atoms with Crippen molar-refractivity contribution < 1.29 is 9.13 Å². The molecular formula is C16H20FN3OS. The largest absolute Gasteiger partial charge is 0.489 e. The molecule has 4 nitrogen and oxygen atoms in total. The zero-order valence-corrected chi connectivity index (χ0v) is 13.5. The predicted molar refractivity (Wildman–Crippen MR) is 89.0 cm³/mol. The highest BCUT2D eigenvalue weighted by Gasteiger charge is 2.06. The fourth-order valence-corrected chi connectivity index (χ4v) is 2.48. The van der Waals surface area contributed by atoms with E-state index in [-0.39, 0.29) is 11.9 Å². The molecule has 1 unspecified atom stereocenters. The summed E-state index contributed by atoms with van der Waals surface area (Å²) in [4.78, 5) is 5.42. The van der Waals surface area contributed by atoms with E-state index in [1.807, 2.05) is 18.4 Å². The Kier molecular flexibility index (Phi) is 6.21. The summed E-state index contributed by atoms with van der Waals surface area (Å²) in [6.07, 6.45) is -0.0641. The molecule has 2 aromatic rings. The van der Waals surface area contributed by atoms with Gasteiger partial charge in [0.25, 0.3) is 0 Å². The van der Waals surface area contributed by atoms with Gasteiger partial charge in [0.1, 0.15) is 17.7 Å². The van der Waals surface area contributed by atoms with Crippen molar-refractivity contribution in [1.29, 1.82) is 0 Å². The third kappa shape index (κ3) is 5.37. The normalized spacial score (nSPS) is 12.8. The van der Waals surface area contributed by atoms with Crippen LogP contribution in [0.5, 0.6) is 5.75 Å². The van der Waals surface area contributed by atoms with Crippen LogP contribution >= 0.6 is 11.3 Å². The summed E-state index contributed by atoms with van der Waals surface area (Å²) >= 11 is 1.70. The lowest BCUT2D eigenvalue weighted by Crippen LogP contribution is -2.41. The van der Waals surface area contributed by atoms with Crippen LogP contribution in [0.2, 0.25) is 0 Å². The van der Waals surface area contributed by atoms with Gasteiger partial charge in [0, 0.05) is 11.9 Å². The molecule has 0 spiro atoms. The minimum absolute atomic E-state index is 0.0641. The van der Waals surface area contributed by atoms with Crippen LogP contribution in [0, 0.1) is 5.82 Å². The van der Waals surface area contributed by atoms with E-state index in [0.717, 1.165) is 12.5 Å². The molecule has 1 aromatic carbocycles. The summed E-state index contributed by atoms with van der Waals surface area (Å²) in [6.45, 7) is 3.29. The van der Waals surface area contributed by atoms with E-state index in [1.165, 1.54) is 17.0 Å². The lowest BCUT2D eigenvalue weighted by Gasteiger charge is -2.17. The Hall–Kier alpha value is -2.08. The zero-order chi connectivity index (χ0) is 15.8. The Bertz CT molecular complexity index is 584. The summed E-state index contributed by atoms with van der Waals surface area (Å²) in [6, 6.07) is 10.1. The number of nitrogens with zero attached hydrogens (tertiary/aromatic N) is 1. The van der Waals surface area contributed by atoms with E-state index in [0.29, 0.717) is 12.3 Å². The van der Waals surface area contributed by atoms with E-state index < -0.39 is 0 Å². The van der Waals surface area contributed by atoms with E-state index in [4.69, 9.17) is 4.74 Å². The fraction of sp³-hybridized carbons (Fsp3) is 0.312. The topological polar surface area (TPSA) is 45.7 Å². The van der Waals surface area contributed by atoms with E-state index in [1.54, 1.807) is 30.5 Å². The van der Waals surface area contributed by atoms with Crippen LogP contribution in [0.3, 0.4) is 0 Å². The quantitative estimate of drug-likeness (QED) is 0.635. The summed E-state index contributed by atoms with van der Waals surface area (Å²) < 4.78 is 18.5. The summed E-state index contributed by atoms with van der Waals surface area (Å²) in [5.74, 6) is 1.11. The smallest absolute Gasteiger partial charge is 0.191 e. The number of ether oxygens (including phenoxy) is 1. The molecule has 0 bridgehead atoms. The average molecular weight is 321 g/mol. The SMILES string of the molecule is CN=C(NCc1cccs1)NCC(C)Oc1ccc(F)cc1. The van der Waals surface area contributed by atoms with Crippen molar-refractivity contribution in [3.05, 3.63) is 52.5 Å². The second-order valence-electron chi connectivity index (χ2n) is 4.77. The van der Waals surface area contributed by atoms with Gasteiger partial charge >= 0.3 is 0 Å². The van der Waals surface area contributed by atoms with Gasteiger partial charge in [-0.1, -0.05) is 6.07 Å². The third-order valence-electron chi connectivity index (χ3n) is 2.94. The van der Waals surface area contributed by atoms with Crippen molar-refractivity contribution in [2.24, 2.45) is 4.99 Å². The number of thiophene rings is 1. The van der Waals surface area contributed by atoms with Gasteiger partial charge in [-0.2, -0.15) is 0 Å². The van der Waals surface area contributed by atoms with Crippen molar-refractivity contribution in [2.45, 2.75) is 19.6 Å².